The number of rotatable bonds is 9. The Labute approximate surface area is 187 Å². The number of hydrogen-bond donors (Lipinski definition) is 0. The largest absolute Gasteiger partial charge is 0.353 e. The van der Waals surface area contributed by atoms with Crippen LogP contribution in [0.1, 0.15) is 73.7 Å². The van der Waals surface area contributed by atoms with Crippen LogP contribution in [0.4, 0.5) is 5.82 Å². The van der Waals surface area contributed by atoms with Crippen molar-refractivity contribution in [3.05, 3.63) is 52.5 Å². The SMILES string of the molecule is CCCCCCCC(=O)N1CCN(c2nc(C)nc(C)c2Cc2ccc(C)cc2)CC1. The minimum absolute atomic E-state index is 0.311. The molecule has 31 heavy (non-hydrogen) atoms. The molecule has 0 aliphatic carbocycles. The Morgan fingerprint density at radius 1 is 0.903 bits per heavy atom. The fourth-order valence-corrected chi connectivity index (χ4v) is 4.30. The Hall–Kier alpha value is -2.43. The van der Waals surface area contributed by atoms with Gasteiger partial charge in [0, 0.05) is 50.3 Å². The Morgan fingerprint density at radius 2 is 1.58 bits per heavy atom. The van der Waals surface area contributed by atoms with Gasteiger partial charge in [0.25, 0.3) is 0 Å². The molecule has 0 unspecified atom stereocenters. The lowest BCUT2D eigenvalue weighted by molar-refractivity contribution is -0.131. The number of hydrogen-bond acceptors (Lipinski definition) is 4. The lowest BCUT2D eigenvalue weighted by Gasteiger charge is -2.36. The van der Waals surface area contributed by atoms with Gasteiger partial charge in [0.05, 0.1) is 0 Å². The number of piperazine rings is 1. The molecule has 1 aliphatic rings. The van der Waals surface area contributed by atoms with E-state index in [0.29, 0.717) is 12.3 Å². The average molecular weight is 423 g/mol. The molecule has 0 atom stereocenters. The molecule has 5 heteroatoms. The fourth-order valence-electron chi connectivity index (χ4n) is 4.30. The molecule has 1 fully saturated rings. The first kappa shape index (κ1) is 23.2. The van der Waals surface area contributed by atoms with Crippen LogP contribution in [0, 0.1) is 20.8 Å². The lowest BCUT2D eigenvalue weighted by Crippen LogP contribution is -2.49. The molecule has 168 valence electrons. The standard InChI is InChI=1S/C26H38N4O/c1-5-6-7-8-9-10-25(31)29-15-17-30(18-16-29)26-24(21(3)27-22(4)28-26)19-23-13-11-20(2)12-14-23/h11-14H,5-10,15-19H2,1-4H3. The highest BCUT2D eigenvalue weighted by atomic mass is 16.2. The van der Waals surface area contributed by atoms with Crippen LogP contribution in [0.3, 0.4) is 0 Å². The van der Waals surface area contributed by atoms with E-state index < -0.39 is 0 Å². The van der Waals surface area contributed by atoms with Crippen LogP contribution in [0.15, 0.2) is 24.3 Å². The summed E-state index contributed by atoms with van der Waals surface area (Å²) in [6.45, 7) is 11.6. The quantitative estimate of drug-likeness (QED) is 0.534. The highest BCUT2D eigenvalue weighted by molar-refractivity contribution is 5.76. The Morgan fingerprint density at radius 3 is 2.26 bits per heavy atom. The third-order valence-electron chi connectivity index (χ3n) is 6.23. The van der Waals surface area contributed by atoms with Crippen molar-refractivity contribution < 1.29 is 4.79 Å². The second kappa shape index (κ2) is 11.3. The predicted molar refractivity (Wildman–Crippen MR) is 128 cm³/mol. The zero-order valence-corrected chi connectivity index (χ0v) is 19.8. The van der Waals surface area contributed by atoms with Gasteiger partial charge in [0.2, 0.25) is 5.91 Å². The highest BCUT2D eigenvalue weighted by Gasteiger charge is 2.24. The van der Waals surface area contributed by atoms with Crippen molar-refractivity contribution in [2.24, 2.45) is 0 Å². The molecule has 1 saturated heterocycles. The first-order valence-corrected chi connectivity index (χ1v) is 11.9. The molecule has 0 bridgehead atoms. The van der Waals surface area contributed by atoms with Crippen LogP contribution in [0.2, 0.25) is 0 Å². The van der Waals surface area contributed by atoms with E-state index in [1.165, 1.54) is 42.4 Å². The van der Waals surface area contributed by atoms with E-state index in [1.54, 1.807) is 0 Å². The number of nitrogens with zero attached hydrogens (tertiary/aromatic N) is 4. The number of amides is 1. The third-order valence-corrected chi connectivity index (χ3v) is 6.23. The molecule has 1 amide bonds. The molecular formula is C26H38N4O. The number of aromatic nitrogens is 2. The molecule has 1 aromatic heterocycles. The van der Waals surface area contributed by atoms with Crippen molar-refractivity contribution in [1.82, 2.24) is 14.9 Å². The van der Waals surface area contributed by atoms with Gasteiger partial charge in [-0.15, -0.1) is 0 Å². The molecule has 3 rings (SSSR count). The summed E-state index contributed by atoms with van der Waals surface area (Å²) in [5.41, 5.74) is 4.80. The number of carbonyl (C=O) groups is 1. The second-order valence-electron chi connectivity index (χ2n) is 8.85. The molecule has 0 radical (unpaired) electrons. The summed E-state index contributed by atoms with van der Waals surface area (Å²) in [6, 6.07) is 8.70. The van der Waals surface area contributed by atoms with Crippen LogP contribution in [-0.4, -0.2) is 47.0 Å². The Bertz CT molecular complexity index is 854. The maximum Gasteiger partial charge on any atom is 0.222 e. The van der Waals surface area contributed by atoms with Gasteiger partial charge in [-0.05, 0) is 32.8 Å². The van der Waals surface area contributed by atoms with Crippen molar-refractivity contribution in [2.75, 3.05) is 31.1 Å². The van der Waals surface area contributed by atoms with Crippen molar-refractivity contribution >= 4 is 11.7 Å². The Balaban J connectivity index is 1.63. The lowest BCUT2D eigenvalue weighted by atomic mass is 10.0. The van der Waals surface area contributed by atoms with E-state index in [4.69, 9.17) is 4.98 Å². The van der Waals surface area contributed by atoms with Crippen molar-refractivity contribution in [2.45, 2.75) is 72.6 Å². The second-order valence-corrected chi connectivity index (χ2v) is 8.85. The normalized spacial score (nSPS) is 14.2. The smallest absolute Gasteiger partial charge is 0.222 e. The first-order chi connectivity index (χ1) is 15.0. The zero-order valence-electron chi connectivity index (χ0n) is 19.8. The van der Waals surface area contributed by atoms with E-state index in [-0.39, 0.29) is 0 Å². The van der Waals surface area contributed by atoms with Gasteiger partial charge in [0.15, 0.2) is 0 Å². The summed E-state index contributed by atoms with van der Waals surface area (Å²) in [5.74, 6) is 2.16. The van der Waals surface area contributed by atoms with Crippen LogP contribution in [-0.2, 0) is 11.2 Å². The zero-order chi connectivity index (χ0) is 22.2. The number of anilines is 1. The molecule has 1 aromatic carbocycles. The van der Waals surface area contributed by atoms with E-state index >= 15 is 0 Å². The van der Waals surface area contributed by atoms with Crippen molar-refractivity contribution in [3.8, 4) is 0 Å². The Kier molecular flexibility index (Phi) is 8.44. The number of benzene rings is 1. The monoisotopic (exact) mass is 422 g/mol. The highest BCUT2D eigenvalue weighted by Crippen LogP contribution is 2.25. The molecule has 5 nitrogen and oxygen atoms in total. The van der Waals surface area contributed by atoms with Crippen LogP contribution in [0.5, 0.6) is 0 Å². The van der Waals surface area contributed by atoms with Gasteiger partial charge in [-0.3, -0.25) is 4.79 Å². The first-order valence-electron chi connectivity index (χ1n) is 11.9. The molecule has 1 aliphatic heterocycles. The topological polar surface area (TPSA) is 49.3 Å². The summed E-state index contributed by atoms with van der Waals surface area (Å²) in [5, 5.41) is 0. The average Bonchev–Trinajstić information content (AvgIpc) is 2.76. The molecule has 0 saturated carbocycles. The van der Waals surface area contributed by atoms with E-state index in [2.05, 4.69) is 54.9 Å². The van der Waals surface area contributed by atoms with Crippen molar-refractivity contribution in [3.63, 3.8) is 0 Å². The maximum absolute atomic E-state index is 12.6. The predicted octanol–water partition coefficient (Wildman–Crippen LogP) is 5.00. The van der Waals surface area contributed by atoms with Crippen LogP contribution < -0.4 is 4.90 Å². The number of unbranched alkanes of at least 4 members (excludes halogenated alkanes) is 4. The van der Waals surface area contributed by atoms with E-state index in [0.717, 1.165) is 56.4 Å². The molecule has 2 heterocycles. The van der Waals surface area contributed by atoms with Gasteiger partial charge < -0.3 is 9.80 Å². The summed E-state index contributed by atoms with van der Waals surface area (Å²) in [4.78, 5) is 26.5. The van der Waals surface area contributed by atoms with Gasteiger partial charge in [0.1, 0.15) is 11.6 Å². The summed E-state index contributed by atoms with van der Waals surface area (Å²) in [7, 11) is 0. The molecule has 2 aromatic rings. The van der Waals surface area contributed by atoms with Gasteiger partial charge in [-0.1, -0.05) is 62.4 Å². The summed E-state index contributed by atoms with van der Waals surface area (Å²) in [6.07, 6.45) is 7.46. The van der Waals surface area contributed by atoms with Crippen molar-refractivity contribution in [1.29, 1.82) is 0 Å². The van der Waals surface area contributed by atoms with E-state index in [1.807, 2.05) is 11.8 Å². The fraction of sp³-hybridized carbons (Fsp3) is 0.577. The van der Waals surface area contributed by atoms with Gasteiger partial charge >= 0.3 is 0 Å². The summed E-state index contributed by atoms with van der Waals surface area (Å²) < 4.78 is 0. The molecule has 0 spiro atoms. The van der Waals surface area contributed by atoms with E-state index in [9.17, 15) is 4.79 Å². The van der Waals surface area contributed by atoms with Gasteiger partial charge in [-0.25, -0.2) is 9.97 Å². The third kappa shape index (κ3) is 6.52. The number of carbonyl (C=O) groups excluding carboxylic acids is 1. The van der Waals surface area contributed by atoms with Crippen LogP contribution >= 0.6 is 0 Å². The molecule has 0 N–H and O–H groups in total. The minimum atomic E-state index is 0.311. The maximum atomic E-state index is 12.6. The number of aryl methyl sites for hydroxylation is 3. The summed E-state index contributed by atoms with van der Waals surface area (Å²) >= 11 is 0. The molecular weight excluding hydrogens is 384 g/mol. The minimum Gasteiger partial charge on any atom is -0.353 e. The van der Waals surface area contributed by atoms with Crippen LogP contribution in [0.25, 0.3) is 0 Å². The van der Waals surface area contributed by atoms with Gasteiger partial charge in [-0.2, -0.15) is 0 Å².